The Hall–Kier alpha value is -0.0800. The highest BCUT2D eigenvalue weighted by Crippen LogP contribution is 2.09. The van der Waals surface area contributed by atoms with Crippen LogP contribution in [-0.2, 0) is 9.47 Å². The fourth-order valence-electron chi connectivity index (χ4n) is 1.39. The SMILES string of the molecule is CC1CCCO1.CC1CCOC1. The van der Waals surface area contributed by atoms with Crippen molar-refractivity contribution < 1.29 is 9.47 Å². The molecule has 2 heterocycles. The van der Waals surface area contributed by atoms with Gasteiger partial charge in [-0.25, -0.2) is 0 Å². The number of hydrogen-bond donors (Lipinski definition) is 0. The molecule has 0 aromatic carbocycles. The average Bonchev–Trinajstić information content (AvgIpc) is 2.63. The van der Waals surface area contributed by atoms with Gasteiger partial charge >= 0.3 is 0 Å². The average molecular weight is 172 g/mol. The Morgan fingerprint density at radius 3 is 2.08 bits per heavy atom. The second kappa shape index (κ2) is 5.55. The van der Waals surface area contributed by atoms with Crippen molar-refractivity contribution >= 4 is 0 Å². The van der Waals surface area contributed by atoms with Crippen LogP contribution >= 0.6 is 0 Å². The fraction of sp³-hybridized carbons (Fsp3) is 1.00. The van der Waals surface area contributed by atoms with Crippen molar-refractivity contribution in [3.63, 3.8) is 0 Å². The Morgan fingerprint density at radius 1 is 1.08 bits per heavy atom. The van der Waals surface area contributed by atoms with Crippen LogP contribution in [0.4, 0.5) is 0 Å². The Balaban J connectivity index is 0.000000120. The third-order valence-corrected chi connectivity index (χ3v) is 2.31. The zero-order valence-corrected chi connectivity index (χ0v) is 8.21. The number of ether oxygens (including phenoxy) is 2. The van der Waals surface area contributed by atoms with Crippen molar-refractivity contribution in [1.29, 1.82) is 0 Å². The monoisotopic (exact) mass is 172 g/mol. The summed E-state index contributed by atoms with van der Waals surface area (Å²) >= 11 is 0. The van der Waals surface area contributed by atoms with Gasteiger partial charge in [0.2, 0.25) is 0 Å². The summed E-state index contributed by atoms with van der Waals surface area (Å²) < 4.78 is 10.2. The van der Waals surface area contributed by atoms with Gasteiger partial charge in [-0.3, -0.25) is 0 Å². The van der Waals surface area contributed by atoms with E-state index in [0.29, 0.717) is 6.10 Å². The molecule has 0 aliphatic carbocycles. The first-order valence-corrected chi connectivity index (χ1v) is 4.98. The minimum atomic E-state index is 0.546. The maximum Gasteiger partial charge on any atom is 0.0547 e. The van der Waals surface area contributed by atoms with Crippen molar-refractivity contribution in [2.75, 3.05) is 19.8 Å². The zero-order chi connectivity index (χ0) is 8.81. The Kier molecular flexibility index (Phi) is 4.62. The van der Waals surface area contributed by atoms with Crippen LogP contribution in [0.2, 0.25) is 0 Å². The van der Waals surface area contributed by atoms with Crippen LogP contribution < -0.4 is 0 Å². The molecule has 2 atom stereocenters. The van der Waals surface area contributed by atoms with Gasteiger partial charge in [0.05, 0.1) is 6.10 Å². The predicted octanol–water partition coefficient (Wildman–Crippen LogP) is 2.23. The van der Waals surface area contributed by atoms with E-state index in [4.69, 9.17) is 9.47 Å². The molecule has 12 heavy (non-hydrogen) atoms. The largest absolute Gasteiger partial charge is 0.381 e. The fourth-order valence-corrected chi connectivity index (χ4v) is 1.39. The van der Waals surface area contributed by atoms with E-state index in [2.05, 4.69) is 13.8 Å². The molecule has 0 saturated carbocycles. The van der Waals surface area contributed by atoms with Crippen LogP contribution in [0.3, 0.4) is 0 Å². The van der Waals surface area contributed by atoms with Crippen LogP contribution in [0.25, 0.3) is 0 Å². The molecular formula is C10H20O2. The lowest BCUT2D eigenvalue weighted by Crippen LogP contribution is -1.94. The lowest BCUT2D eigenvalue weighted by molar-refractivity contribution is 0.125. The highest BCUT2D eigenvalue weighted by atomic mass is 16.5. The quantitative estimate of drug-likeness (QED) is 0.558. The summed E-state index contributed by atoms with van der Waals surface area (Å²) in [6, 6.07) is 0. The van der Waals surface area contributed by atoms with E-state index in [9.17, 15) is 0 Å². The van der Waals surface area contributed by atoms with Crippen molar-refractivity contribution in [3.8, 4) is 0 Å². The van der Waals surface area contributed by atoms with Gasteiger partial charge in [-0.05, 0) is 32.1 Å². The second-order valence-corrected chi connectivity index (χ2v) is 3.79. The molecule has 2 rings (SSSR count). The maximum absolute atomic E-state index is 5.15. The van der Waals surface area contributed by atoms with Gasteiger partial charge in [-0.2, -0.15) is 0 Å². The Labute approximate surface area is 75.2 Å². The summed E-state index contributed by atoms with van der Waals surface area (Å²) in [7, 11) is 0. The van der Waals surface area contributed by atoms with E-state index in [1.54, 1.807) is 0 Å². The Morgan fingerprint density at radius 2 is 1.92 bits per heavy atom. The minimum Gasteiger partial charge on any atom is -0.381 e. The summed E-state index contributed by atoms with van der Waals surface area (Å²) in [5, 5.41) is 0. The van der Waals surface area contributed by atoms with Gasteiger partial charge in [0, 0.05) is 19.8 Å². The standard InChI is InChI=1S/2C5H10O/c1-5-2-3-6-4-5;1-5-3-2-4-6-5/h2*5H,2-4H2,1H3. The van der Waals surface area contributed by atoms with Gasteiger partial charge in [0.15, 0.2) is 0 Å². The summed E-state index contributed by atoms with van der Waals surface area (Å²) in [4.78, 5) is 0. The first-order valence-electron chi connectivity index (χ1n) is 4.98. The summed E-state index contributed by atoms with van der Waals surface area (Å²) in [5.41, 5.74) is 0. The maximum atomic E-state index is 5.15. The molecule has 0 bridgehead atoms. The van der Waals surface area contributed by atoms with E-state index < -0.39 is 0 Å². The molecule has 2 aliphatic heterocycles. The van der Waals surface area contributed by atoms with Crippen LogP contribution in [0.1, 0.15) is 33.1 Å². The van der Waals surface area contributed by atoms with Gasteiger partial charge in [0.1, 0.15) is 0 Å². The van der Waals surface area contributed by atoms with Gasteiger partial charge in [0.25, 0.3) is 0 Å². The van der Waals surface area contributed by atoms with Crippen LogP contribution in [-0.4, -0.2) is 25.9 Å². The van der Waals surface area contributed by atoms with Crippen LogP contribution in [0.15, 0.2) is 0 Å². The third kappa shape index (κ3) is 4.07. The molecule has 0 aromatic heterocycles. The molecule has 0 radical (unpaired) electrons. The number of rotatable bonds is 0. The molecule has 2 aliphatic rings. The van der Waals surface area contributed by atoms with Gasteiger partial charge in [-0.15, -0.1) is 0 Å². The molecule has 0 N–H and O–H groups in total. The topological polar surface area (TPSA) is 18.5 Å². The zero-order valence-electron chi connectivity index (χ0n) is 8.21. The number of hydrogen-bond acceptors (Lipinski definition) is 2. The van der Waals surface area contributed by atoms with Crippen molar-refractivity contribution in [2.24, 2.45) is 5.92 Å². The summed E-state index contributed by atoms with van der Waals surface area (Å²) in [6.07, 6.45) is 4.34. The highest BCUT2D eigenvalue weighted by Gasteiger charge is 2.07. The molecular weight excluding hydrogens is 152 g/mol. The van der Waals surface area contributed by atoms with E-state index in [1.165, 1.54) is 19.3 Å². The Bertz CT molecular complexity index is 88.4. The van der Waals surface area contributed by atoms with Crippen molar-refractivity contribution in [2.45, 2.75) is 39.2 Å². The van der Waals surface area contributed by atoms with E-state index >= 15 is 0 Å². The van der Waals surface area contributed by atoms with Crippen LogP contribution in [0.5, 0.6) is 0 Å². The van der Waals surface area contributed by atoms with E-state index in [-0.39, 0.29) is 0 Å². The smallest absolute Gasteiger partial charge is 0.0547 e. The second-order valence-electron chi connectivity index (χ2n) is 3.79. The van der Waals surface area contributed by atoms with Gasteiger partial charge < -0.3 is 9.47 Å². The lowest BCUT2D eigenvalue weighted by atomic mass is 10.2. The molecule has 0 spiro atoms. The van der Waals surface area contributed by atoms with Crippen LogP contribution in [0, 0.1) is 5.92 Å². The molecule has 72 valence electrons. The lowest BCUT2D eigenvalue weighted by Gasteiger charge is -1.94. The first kappa shape index (κ1) is 10.0. The van der Waals surface area contributed by atoms with E-state index in [0.717, 1.165) is 25.7 Å². The summed E-state index contributed by atoms with van der Waals surface area (Å²) in [5.74, 6) is 0.824. The molecule has 0 aromatic rings. The normalized spacial score (nSPS) is 34.5. The first-order chi connectivity index (χ1) is 5.79. The minimum absolute atomic E-state index is 0.546. The summed E-state index contributed by atoms with van der Waals surface area (Å²) in [6.45, 7) is 7.29. The van der Waals surface area contributed by atoms with Crippen molar-refractivity contribution in [1.82, 2.24) is 0 Å². The molecule has 2 nitrogen and oxygen atoms in total. The molecule has 2 saturated heterocycles. The molecule has 2 unspecified atom stereocenters. The molecule has 2 fully saturated rings. The highest BCUT2D eigenvalue weighted by molar-refractivity contribution is 4.56. The molecule has 2 heteroatoms. The van der Waals surface area contributed by atoms with E-state index in [1.807, 2.05) is 0 Å². The van der Waals surface area contributed by atoms with Crippen molar-refractivity contribution in [3.05, 3.63) is 0 Å². The third-order valence-electron chi connectivity index (χ3n) is 2.31. The molecule has 0 amide bonds. The predicted molar refractivity (Wildman–Crippen MR) is 49.2 cm³/mol. The van der Waals surface area contributed by atoms with Gasteiger partial charge in [-0.1, -0.05) is 6.92 Å².